The largest absolute Gasteiger partial charge is 0.490 e. The lowest BCUT2D eigenvalue weighted by molar-refractivity contribution is 0.0940. The highest BCUT2D eigenvalue weighted by Crippen LogP contribution is 2.37. The number of benzene rings is 3. The van der Waals surface area contributed by atoms with Crippen LogP contribution in [-0.2, 0) is 0 Å². The summed E-state index contributed by atoms with van der Waals surface area (Å²) in [6, 6.07) is 16.5. The van der Waals surface area contributed by atoms with Crippen LogP contribution in [0.15, 0.2) is 54.6 Å². The molecule has 3 aromatic rings. The molecule has 68 heavy (non-hydrogen) atoms. The number of para-hydroxylation sites is 3. The average Bonchev–Trinajstić information content (AvgIpc) is 3.34. The van der Waals surface area contributed by atoms with E-state index in [0.717, 1.165) is 116 Å². The molecule has 12 heteroatoms. The molecular formula is C56H87N3O9. The summed E-state index contributed by atoms with van der Waals surface area (Å²) in [6.07, 6.45) is 16.0. The number of nitrogens with one attached hydrogen (secondary N) is 3. The zero-order chi connectivity index (χ0) is 49.2. The summed E-state index contributed by atoms with van der Waals surface area (Å²) in [5.41, 5.74) is 1.26. The van der Waals surface area contributed by atoms with E-state index in [1.54, 1.807) is 18.2 Å². The van der Waals surface area contributed by atoms with Crippen molar-refractivity contribution >= 4 is 17.7 Å². The van der Waals surface area contributed by atoms with E-state index in [-0.39, 0.29) is 23.1 Å². The van der Waals surface area contributed by atoms with Gasteiger partial charge in [-0.15, -0.1) is 0 Å². The summed E-state index contributed by atoms with van der Waals surface area (Å²) < 4.78 is 36.6. The first kappa shape index (κ1) is 57.2. The van der Waals surface area contributed by atoms with Gasteiger partial charge in [0.05, 0.1) is 56.3 Å². The van der Waals surface area contributed by atoms with Crippen molar-refractivity contribution in [1.29, 1.82) is 0 Å². The molecule has 0 aliphatic rings. The number of unbranched alkanes of at least 4 members (excludes halogenated alkanes) is 6. The minimum absolute atomic E-state index is 0.148. The summed E-state index contributed by atoms with van der Waals surface area (Å²) in [7, 11) is 0. The first-order valence-corrected chi connectivity index (χ1v) is 26.2. The standard InChI is InChI=1S/C56H87N3O9/c1-8-14-38-63-47-29-20-26-44(50(47)66-41-17-11-4)53(60)57-35-23-32-56(7,33-24-36-58-54(61)45-27-21-30-48(64-39-15-9-2)51(45)67-42-18-12-5)34-25-37-59-55(62)46-28-22-31-49(65-40-16-10-3)52(46)68-43-19-13-6/h20-22,26-31H,8-19,23-25,32-43H2,1-7H3,(H,57,60)(H,58,61)(H,59,62). The molecule has 0 radical (unpaired) electrons. The second kappa shape index (κ2) is 34.2. The average molecular weight is 946 g/mol. The molecule has 0 aliphatic carbocycles. The van der Waals surface area contributed by atoms with Gasteiger partial charge in [0.2, 0.25) is 0 Å². The van der Waals surface area contributed by atoms with E-state index >= 15 is 0 Å². The summed E-state index contributed by atoms with van der Waals surface area (Å²) in [5.74, 6) is 2.68. The van der Waals surface area contributed by atoms with E-state index in [9.17, 15) is 14.4 Å². The number of carbonyl (C=O) groups is 3. The van der Waals surface area contributed by atoms with Crippen LogP contribution in [-0.4, -0.2) is 77.0 Å². The number of ether oxygens (including phenoxy) is 6. The maximum Gasteiger partial charge on any atom is 0.255 e. The fraction of sp³-hybridized carbons (Fsp3) is 0.625. The Morgan fingerprint density at radius 1 is 0.382 bits per heavy atom. The third-order valence-electron chi connectivity index (χ3n) is 11.9. The fourth-order valence-corrected chi connectivity index (χ4v) is 7.62. The molecule has 12 nitrogen and oxygen atoms in total. The quantitative estimate of drug-likeness (QED) is 0.0476. The zero-order valence-corrected chi connectivity index (χ0v) is 43.0. The van der Waals surface area contributed by atoms with E-state index in [1.165, 1.54) is 0 Å². The van der Waals surface area contributed by atoms with Crippen LogP contribution >= 0.6 is 0 Å². The Balaban J connectivity index is 1.73. The lowest BCUT2D eigenvalue weighted by Crippen LogP contribution is -2.30. The van der Waals surface area contributed by atoms with Gasteiger partial charge < -0.3 is 44.4 Å². The van der Waals surface area contributed by atoms with Gasteiger partial charge in [-0.3, -0.25) is 14.4 Å². The van der Waals surface area contributed by atoms with Gasteiger partial charge >= 0.3 is 0 Å². The Hall–Kier alpha value is -5.13. The molecule has 0 spiro atoms. The maximum absolute atomic E-state index is 13.7. The van der Waals surface area contributed by atoms with Gasteiger partial charge in [-0.1, -0.05) is 105 Å². The van der Waals surface area contributed by atoms with E-state index < -0.39 is 0 Å². The molecule has 0 aromatic heterocycles. The maximum atomic E-state index is 13.7. The number of hydrogen-bond acceptors (Lipinski definition) is 9. The molecule has 0 saturated heterocycles. The number of carbonyl (C=O) groups excluding carboxylic acids is 3. The lowest BCUT2D eigenvalue weighted by atomic mass is 9.77. The van der Waals surface area contributed by atoms with Gasteiger partial charge in [-0.25, -0.2) is 0 Å². The Bertz CT molecular complexity index is 1680. The third-order valence-corrected chi connectivity index (χ3v) is 11.9. The van der Waals surface area contributed by atoms with Gasteiger partial charge in [0.15, 0.2) is 34.5 Å². The molecule has 0 aliphatic heterocycles. The number of hydrogen-bond donors (Lipinski definition) is 3. The first-order chi connectivity index (χ1) is 33.2. The Morgan fingerprint density at radius 2 is 0.632 bits per heavy atom. The minimum atomic E-state index is -0.194. The van der Waals surface area contributed by atoms with Crippen LogP contribution in [0.1, 0.15) is 195 Å². The van der Waals surface area contributed by atoms with E-state index in [1.807, 2.05) is 36.4 Å². The number of amides is 3. The van der Waals surface area contributed by atoms with Gasteiger partial charge in [0.25, 0.3) is 17.7 Å². The molecule has 3 aromatic carbocycles. The van der Waals surface area contributed by atoms with Crippen molar-refractivity contribution in [2.75, 3.05) is 59.3 Å². The van der Waals surface area contributed by atoms with Crippen LogP contribution in [0.2, 0.25) is 0 Å². The molecule has 0 atom stereocenters. The SMILES string of the molecule is CCCCOc1cccc(C(=O)NCCCC(C)(CCCNC(=O)c2cccc(OCCCC)c2OCCCC)CCCNC(=O)c2cccc(OCCCC)c2OCCCC)c1OCCCC. The molecule has 3 amide bonds. The number of rotatable bonds is 39. The molecule has 0 heterocycles. The van der Waals surface area contributed by atoms with Crippen molar-refractivity contribution in [3.05, 3.63) is 71.3 Å². The van der Waals surface area contributed by atoms with Crippen LogP contribution in [0.5, 0.6) is 34.5 Å². The van der Waals surface area contributed by atoms with Gasteiger partial charge in [0, 0.05) is 19.6 Å². The van der Waals surface area contributed by atoms with Crippen LogP contribution in [0.25, 0.3) is 0 Å². The zero-order valence-electron chi connectivity index (χ0n) is 43.0. The Kier molecular flexibility index (Phi) is 28.8. The second-order valence-corrected chi connectivity index (χ2v) is 18.0. The van der Waals surface area contributed by atoms with Gasteiger partial charge in [-0.05, 0) is 119 Å². The van der Waals surface area contributed by atoms with Crippen molar-refractivity contribution in [2.45, 2.75) is 164 Å². The summed E-state index contributed by atoms with van der Waals surface area (Å²) in [4.78, 5) is 41.1. The van der Waals surface area contributed by atoms with Crippen LogP contribution < -0.4 is 44.4 Å². The third kappa shape index (κ3) is 20.6. The first-order valence-electron chi connectivity index (χ1n) is 26.2. The predicted octanol–water partition coefficient (Wildman–Crippen LogP) is 12.7. The van der Waals surface area contributed by atoms with Gasteiger partial charge in [0.1, 0.15) is 0 Å². The molecule has 0 unspecified atom stereocenters. The van der Waals surface area contributed by atoms with E-state index in [0.29, 0.717) is 110 Å². The molecule has 0 fully saturated rings. The highest BCUT2D eigenvalue weighted by Gasteiger charge is 2.26. The molecule has 3 rings (SSSR count). The molecule has 3 N–H and O–H groups in total. The highest BCUT2D eigenvalue weighted by molar-refractivity contribution is 5.99. The molecular weight excluding hydrogens is 859 g/mol. The van der Waals surface area contributed by atoms with Crippen LogP contribution in [0.3, 0.4) is 0 Å². The molecule has 0 bridgehead atoms. The Labute approximate surface area is 409 Å². The van der Waals surface area contributed by atoms with Crippen molar-refractivity contribution in [2.24, 2.45) is 5.41 Å². The van der Waals surface area contributed by atoms with Crippen LogP contribution in [0, 0.1) is 5.41 Å². The van der Waals surface area contributed by atoms with E-state index in [4.69, 9.17) is 28.4 Å². The van der Waals surface area contributed by atoms with E-state index in [2.05, 4.69) is 64.4 Å². The second-order valence-electron chi connectivity index (χ2n) is 18.0. The summed E-state index contributed by atoms with van der Waals surface area (Å²) in [6.45, 7) is 19.6. The molecule has 0 saturated carbocycles. The normalized spacial score (nSPS) is 11.2. The lowest BCUT2D eigenvalue weighted by Gasteiger charge is -2.30. The monoisotopic (exact) mass is 946 g/mol. The highest BCUT2D eigenvalue weighted by atomic mass is 16.5. The minimum Gasteiger partial charge on any atom is -0.490 e. The summed E-state index contributed by atoms with van der Waals surface area (Å²) in [5, 5.41) is 9.46. The Morgan fingerprint density at radius 3 is 0.882 bits per heavy atom. The van der Waals surface area contributed by atoms with Crippen molar-refractivity contribution in [3.8, 4) is 34.5 Å². The molecule has 380 valence electrons. The fourth-order valence-electron chi connectivity index (χ4n) is 7.62. The van der Waals surface area contributed by atoms with Crippen LogP contribution in [0.4, 0.5) is 0 Å². The van der Waals surface area contributed by atoms with Crippen molar-refractivity contribution < 1.29 is 42.8 Å². The smallest absolute Gasteiger partial charge is 0.255 e. The topological polar surface area (TPSA) is 143 Å². The van der Waals surface area contributed by atoms with Crippen molar-refractivity contribution in [3.63, 3.8) is 0 Å². The van der Waals surface area contributed by atoms with Gasteiger partial charge in [-0.2, -0.15) is 0 Å². The summed E-state index contributed by atoms with van der Waals surface area (Å²) >= 11 is 0. The predicted molar refractivity (Wildman–Crippen MR) is 275 cm³/mol. The van der Waals surface area contributed by atoms with Crippen molar-refractivity contribution in [1.82, 2.24) is 16.0 Å².